The maximum Gasteiger partial charge on any atom is 0.341 e. The van der Waals surface area contributed by atoms with Crippen molar-refractivity contribution in [3.8, 4) is 5.75 Å². The van der Waals surface area contributed by atoms with Crippen LogP contribution >= 0.6 is 68.7 Å². The van der Waals surface area contributed by atoms with Crippen LogP contribution in [0.2, 0.25) is 15.1 Å². The molecule has 0 aliphatic carbocycles. The van der Waals surface area contributed by atoms with E-state index in [1.54, 1.807) is 40.9 Å². The smallest absolute Gasteiger partial charge is 0.341 e. The van der Waals surface area contributed by atoms with Crippen molar-refractivity contribution >= 4 is 97.2 Å². The number of benzene rings is 3. The van der Waals surface area contributed by atoms with E-state index in [9.17, 15) is 23.2 Å². The normalized spacial score (nSPS) is 16.3. The molecule has 1 unspecified atom stereocenters. The number of amides is 1. The van der Waals surface area contributed by atoms with Crippen LogP contribution in [0.3, 0.4) is 0 Å². The third-order valence-electron chi connectivity index (χ3n) is 8.72. The van der Waals surface area contributed by atoms with Gasteiger partial charge in [-0.25, -0.2) is 27.5 Å². The first-order valence-electron chi connectivity index (χ1n) is 16.7. The van der Waals surface area contributed by atoms with Crippen LogP contribution in [0, 0.1) is 16.3 Å². The average molecular weight is 966 g/mol. The lowest BCUT2D eigenvalue weighted by molar-refractivity contribution is -0.154. The highest BCUT2D eigenvalue weighted by atomic mass is 127. The fourth-order valence-electron chi connectivity index (χ4n) is 6.14. The molecule has 0 radical (unpaired) electrons. The SMILES string of the molecule is Cc1nn2c3c(nc2s1)CCN(C(=O)COC(=O)[C@@H](N)Cc1ccc(N2CC(F)(F)C2)cc1Cl)C3c1ccc(Cl)cc1F.O=C(O)COc1ccc(I)cc1Cl. The largest absolute Gasteiger partial charge is 0.480 e. The number of rotatable bonds is 10. The summed E-state index contributed by atoms with van der Waals surface area (Å²) in [6.45, 7) is 0.259. The monoisotopic (exact) mass is 964 g/mol. The summed E-state index contributed by atoms with van der Waals surface area (Å²) in [6, 6.07) is 12.1. The third-order valence-corrected chi connectivity index (χ3v) is 11.1. The Morgan fingerprint density at radius 3 is 2.48 bits per heavy atom. The fraction of sp³-hybridized carbons (Fsp3) is 0.306. The molecule has 12 nitrogen and oxygen atoms in total. The molecule has 0 saturated carbocycles. The van der Waals surface area contributed by atoms with E-state index in [0.717, 1.165) is 8.58 Å². The Labute approximate surface area is 350 Å². The molecular weight excluding hydrogens is 935 g/mol. The summed E-state index contributed by atoms with van der Waals surface area (Å²) in [5, 5.41) is 14.5. The van der Waals surface area contributed by atoms with Crippen molar-refractivity contribution in [2.75, 3.05) is 37.7 Å². The molecule has 3 aromatic carbocycles. The number of aliphatic carboxylic acids is 1. The van der Waals surface area contributed by atoms with Gasteiger partial charge < -0.3 is 30.1 Å². The molecule has 2 aliphatic heterocycles. The topological polar surface area (TPSA) is 153 Å². The lowest BCUT2D eigenvalue weighted by Gasteiger charge is -2.40. The molecule has 7 rings (SSSR count). The van der Waals surface area contributed by atoms with Gasteiger partial charge in [0.05, 0.1) is 29.5 Å². The molecule has 2 aliphatic rings. The lowest BCUT2D eigenvalue weighted by Crippen LogP contribution is -2.56. The van der Waals surface area contributed by atoms with Crippen molar-refractivity contribution in [2.24, 2.45) is 5.73 Å². The van der Waals surface area contributed by atoms with Crippen LogP contribution in [0.1, 0.15) is 33.6 Å². The number of nitrogens with two attached hydrogens (primary N) is 1. The van der Waals surface area contributed by atoms with E-state index in [1.807, 2.05) is 6.92 Å². The van der Waals surface area contributed by atoms with Gasteiger partial charge in [-0.1, -0.05) is 58.3 Å². The standard InChI is InChI=1S/C28H25Cl2F3N6O3S.C8H6ClIO3/c1-14-36-39-25-22(35-27(39)43-14)6-7-38(24(25)18-5-3-16(29)9-20(18)31)23(40)11-42-26(41)21(34)8-15-2-4-17(10-19(15)30)37-12-28(32,33)13-37;9-6-3-5(10)1-2-7(6)13-4-8(11)12/h2-5,9-10,21,24H,6-8,11-13,34H2,1H3;1-3H,4H2,(H,11,12)/t21-,24?;/m0./s1. The molecule has 20 heteroatoms. The molecule has 1 fully saturated rings. The second-order valence-electron chi connectivity index (χ2n) is 12.8. The number of carboxylic acids is 1. The predicted molar refractivity (Wildman–Crippen MR) is 213 cm³/mol. The van der Waals surface area contributed by atoms with E-state index >= 15 is 4.39 Å². The van der Waals surface area contributed by atoms with Crippen molar-refractivity contribution in [3.63, 3.8) is 0 Å². The van der Waals surface area contributed by atoms with Crippen molar-refractivity contribution in [2.45, 2.75) is 37.8 Å². The van der Waals surface area contributed by atoms with Gasteiger partial charge in [-0.3, -0.25) is 9.59 Å². The van der Waals surface area contributed by atoms with Crippen LogP contribution < -0.4 is 15.4 Å². The van der Waals surface area contributed by atoms with Gasteiger partial charge in [0.15, 0.2) is 13.2 Å². The minimum absolute atomic E-state index is 0.00493. The third kappa shape index (κ3) is 9.62. The lowest BCUT2D eigenvalue weighted by atomic mass is 9.95. The van der Waals surface area contributed by atoms with Crippen LogP contribution in [0.25, 0.3) is 4.96 Å². The number of carbonyl (C=O) groups excluding carboxylic acids is 2. The summed E-state index contributed by atoms with van der Waals surface area (Å²) >= 11 is 21.6. The second kappa shape index (κ2) is 17.3. The van der Waals surface area contributed by atoms with Crippen molar-refractivity contribution < 1.29 is 42.1 Å². The zero-order chi connectivity index (χ0) is 40.5. The first-order chi connectivity index (χ1) is 26.5. The second-order valence-corrected chi connectivity index (χ2v) is 16.5. The van der Waals surface area contributed by atoms with Gasteiger partial charge in [0.2, 0.25) is 4.96 Å². The number of aryl methyl sites for hydroxylation is 1. The summed E-state index contributed by atoms with van der Waals surface area (Å²) in [5.74, 6) is -5.33. The molecule has 296 valence electrons. The Morgan fingerprint density at radius 1 is 1.07 bits per heavy atom. The minimum atomic E-state index is -2.72. The minimum Gasteiger partial charge on any atom is -0.480 e. The number of hydrogen-bond acceptors (Lipinski definition) is 10. The molecule has 0 spiro atoms. The summed E-state index contributed by atoms with van der Waals surface area (Å²) < 4.78 is 54.5. The number of ether oxygens (including phenoxy) is 2. The number of anilines is 1. The Balaban J connectivity index is 0.000000348. The van der Waals surface area contributed by atoms with Gasteiger partial charge in [-0.2, -0.15) is 5.10 Å². The van der Waals surface area contributed by atoms with E-state index < -0.39 is 48.3 Å². The van der Waals surface area contributed by atoms with Crippen molar-refractivity contribution in [1.29, 1.82) is 0 Å². The molecule has 1 amide bonds. The van der Waals surface area contributed by atoms with E-state index in [2.05, 4.69) is 32.7 Å². The number of fused-ring (bicyclic) bond motifs is 3. The Bertz CT molecular complexity index is 2310. The molecule has 1 saturated heterocycles. The highest BCUT2D eigenvalue weighted by molar-refractivity contribution is 14.1. The Kier molecular flexibility index (Phi) is 12.9. The fourth-order valence-corrected chi connectivity index (χ4v) is 8.23. The molecule has 2 aromatic heterocycles. The number of imidazole rings is 1. The van der Waals surface area contributed by atoms with Gasteiger partial charge in [0, 0.05) is 37.8 Å². The van der Waals surface area contributed by atoms with E-state index in [0.29, 0.717) is 44.8 Å². The maximum atomic E-state index is 15.2. The van der Waals surface area contributed by atoms with Crippen molar-refractivity contribution in [1.82, 2.24) is 19.5 Å². The molecule has 0 bridgehead atoms. The number of carboxylic acid groups (broad SMARTS) is 1. The molecule has 4 heterocycles. The number of carbonyl (C=O) groups is 3. The Hall–Kier alpha value is -3.88. The van der Waals surface area contributed by atoms with E-state index in [4.69, 9.17) is 55.1 Å². The molecule has 56 heavy (non-hydrogen) atoms. The van der Waals surface area contributed by atoms with Gasteiger partial charge in [-0.15, -0.1) is 0 Å². The number of hydrogen-bond donors (Lipinski definition) is 2. The summed E-state index contributed by atoms with van der Waals surface area (Å²) in [6.07, 6.45) is 0.407. The predicted octanol–water partition coefficient (Wildman–Crippen LogP) is 7.00. The number of aromatic nitrogens is 3. The molecular formula is C36H31Cl3F3IN6O6S. The number of halogens is 7. The summed E-state index contributed by atoms with van der Waals surface area (Å²) in [5.41, 5.74) is 8.60. The van der Waals surface area contributed by atoms with Gasteiger partial charge in [-0.05, 0) is 84.0 Å². The first-order valence-corrected chi connectivity index (χ1v) is 19.7. The first kappa shape index (κ1) is 41.7. The van der Waals surface area contributed by atoms with E-state index in [-0.39, 0.29) is 48.3 Å². The van der Waals surface area contributed by atoms with Crippen molar-refractivity contribution in [3.05, 3.63) is 107 Å². The van der Waals surface area contributed by atoms with Crippen LogP contribution in [0.15, 0.2) is 54.6 Å². The zero-order valence-corrected chi connectivity index (χ0v) is 34.4. The maximum absolute atomic E-state index is 15.2. The highest BCUT2D eigenvalue weighted by Gasteiger charge is 2.44. The zero-order valence-electron chi connectivity index (χ0n) is 29.2. The van der Waals surface area contributed by atoms with Gasteiger partial charge in [0.25, 0.3) is 11.8 Å². The van der Waals surface area contributed by atoms with E-state index in [1.165, 1.54) is 39.3 Å². The van der Waals surface area contributed by atoms with Crippen LogP contribution in [0.5, 0.6) is 5.75 Å². The number of esters is 1. The number of nitrogens with zero attached hydrogens (tertiary/aromatic N) is 5. The molecule has 2 atom stereocenters. The molecule has 5 aromatic rings. The van der Waals surface area contributed by atoms with Crippen LogP contribution in [-0.2, 0) is 32.0 Å². The average Bonchev–Trinajstić information content (AvgIpc) is 3.65. The summed E-state index contributed by atoms with van der Waals surface area (Å²) in [7, 11) is 0. The van der Waals surface area contributed by atoms with Crippen LogP contribution in [0.4, 0.5) is 18.9 Å². The van der Waals surface area contributed by atoms with Gasteiger partial charge in [0.1, 0.15) is 28.7 Å². The highest BCUT2D eigenvalue weighted by Crippen LogP contribution is 2.39. The number of alkyl halides is 2. The van der Waals surface area contributed by atoms with Gasteiger partial charge >= 0.3 is 11.9 Å². The Morgan fingerprint density at radius 2 is 1.82 bits per heavy atom. The van der Waals surface area contributed by atoms with Crippen LogP contribution in [-0.4, -0.2) is 87.3 Å². The quantitative estimate of drug-likeness (QED) is 0.111. The molecule has 3 N–H and O–H groups in total. The summed E-state index contributed by atoms with van der Waals surface area (Å²) in [4.78, 5) is 44.6.